The van der Waals surface area contributed by atoms with Crippen LogP contribution in [0.2, 0.25) is 0 Å². The summed E-state index contributed by atoms with van der Waals surface area (Å²) in [4.78, 5) is 16.4. The van der Waals surface area contributed by atoms with Gasteiger partial charge in [0.05, 0.1) is 11.7 Å². The molecule has 1 atom stereocenters. The van der Waals surface area contributed by atoms with E-state index in [1.54, 1.807) is 12.3 Å². The molecule has 0 bridgehead atoms. The molecule has 1 aliphatic rings. The zero-order valence-corrected chi connectivity index (χ0v) is 12.4. The van der Waals surface area contributed by atoms with Crippen LogP contribution in [-0.2, 0) is 17.8 Å². The van der Waals surface area contributed by atoms with Crippen LogP contribution in [0.1, 0.15) is 11.1 Å². The van der Waals surface area contributed by atoms with Gasteiger partial charge in [-0.15, -0.1) is 0 Å². The summed E-state index contributed by atoms with van der Waals surface area (Å²) in [6.07, 6.45) is 2.38. The number of rotatable bonds is 2. The van der Waals surface area contributed by atoms with Crippen LogP contribution in [0.4, 0.5) is 5.69 Å². The van der Waals surface area contributed by atoms with Crippen LogP contribution < -0.4 is 10.6 Å². The number of aromatic nitrogens is 1. The highest BCUT2D eigenvalue weighted by Crippen LogP contribution is 2.20. The number of pyridine rings is 1. The van der Waals surface area contributed by atoms with Gasteiger partial charge in [-0.2, -0.15) is 0 Å². The van der Waals surface area contributed by atoms with E-state index in [-0.39, 0.29) is 11.9 Å². The lowest BCUT2D eigenvalue weighted by atomic mass is 9.95. The molecular weight excluding hydrogens is 318 g/mol. The van der Waals surface area contributed by atoms with Crippen molar-refractivity contribution in [2.24, 2.45) is 0 Å². The van der Waals surface area contributed by atoms with Crippen LogP contribution >= 0.6 is 15.9 Å². The Morgan fingerprint density at radius 3 is 2.85 bits per heavy atom. The molecule has 102 valence electrons. The van der Waals surface area contributed by atoms with E-state index in [1.807, 2.05) is 18.2 Å². The molecule has 1 aliphatic heterocycles. The van der Waals surface area contributed by atoms with Gasteiger partial charge in [0.2, 0.25) is 5.91 Å². The van der Waals surface area contributed by atoms with Crippen molar-refractivity contribution in [1.29, 1.82) is 0 Å². The first-order chi connectivity index (χ1) is 9.74. The number of halogens is 1. The fourth-order valence-electron chi connectivity index (χ4n) is 2.34. The number of fused-ring (bicyclic) bond motifs is 1. The van der Waals surface area contributed by atoms with Gasteiger partial charge in [-0.05, 0) is 45.6 Å². The highest BCUT2D eigenvalue weighted by atomic mass is 79.9. The van der Waals surface area contributed by atoms with Gasteiger partial charge in [-0.3, -0.25) is 4.79 Å². The number of hydrogen-bond acceptors (Lipinski definition) is 3. The zero-order chi connectivity index (χ0) is 13.9. The Bertz CT molecular complexity index is 645. The first-order valence-electron chi connectivity index (χ1n) is 6.45. The molecule has 0 saturated heterocycles. The first-order valence-corrected chi connectivity index (χ1v) is 7.25. The molecule has 0 spiro atoms. The lowest BCUT2D eigenvalue weighted by molar-refractivity contribution is -0.118. The average molecular weight is 332 g/mol. The Kier molecular flexibility index (Phi) is 3.80. The van der Waals surface area contributed by atoms with Gasteiger partial charge in [-0.25, -0.2) is 4.98 Å². The van der Waals surface area contributed by atoms with Crippen molar-refractivity contribution in [3.63, 3.8) is 0 Å². The molecule has 2 N–H and O–H groups in total. The quantitative estimate of drug-likeness (QED) is 0.831. The van der Waals surface area contributed by atoms with Crippen molar-refractivity contribution in [1.82, 2.24) is 10.3 Å². The average Bonchev–Trinajstić information content (AvgIpc) is 2.49. The topological polar surface area (TPSA) is 54.0 Å². The number of amides is 1. The smallest absolute Gasteiger partial charge is 0.241 e. The number of anilines is 1. The molecule has 0 saturated carbocycles. The van der Waals surface area contributed by atoms with Gasteiger partial charge in [0, 0.05) is 12.7 Å². The fraction of sp³-hybridized carbons (Fsp3) is 0.200. The van der Waals surface area contributed by atoms with Crippen molar-refractivity contribution in [3.05, 3.63) is 58.3 Å². The van der Waals surface area contributed by atoms with Crippen LogP contribution in [0.3, 0.4) is 0 Å². The van der Waals surface area contributed by atoms with Crippen molar-refractivity contribution < 1.29 is 4.79 Å². The van der Waals surface area contributed by atoms with Gasteiger partial charge in [0.25, 0.3) is 0 Å². The van der Waals surface area contributed by atoms with E-state index in [0.717, 1.165) is 6.54 Å². The SMILES string of the molecule is O=C(Nc1cccnc1Br)[C@@H]1Cc2ccccc2CN1. The molecule has 4 nitrogen and oxygen atoms in total. The van der Waals surface area contributed by atoms with E-state index in [1.165, 1.54) is 11.1 Å². The van der Waals surface area contributed by atoms with Crippen molar-refractivity contribution in [2.45, 2.75) is 19.0 Å². The second-order valence-electron chi connectivity index (χ2n) is 4.74. The summed E-state index contributed by atoms with van der Waals surface area (Å²) in [5.41, 5.74) is 3.19. The van der Waals surface area contributed by atoms with Gasteiger partial charge >= 0.3 is 0 Å². The number of nitrogens with one attached hydrogen (secondary N) is 2. The second-order valence-corrected chi connectivity index (χ2v) is 5.49. The summed E-state index contributed by atoms with van der Waals surface area (Å²) in [7, 11) is 0. The minimum Gasteiger partial charge on any atom is -0.322 e. The molecular formula is C15H14BrN3O. The minimum absolute atomic E-state index is 0.0341. The minimum atomic E-state index is -0.211. The van der Waals surface area contributed by atoms with Crippen LogP contribution in [-0.4, -0.2) is 16.9 Å². The summed E-state index contributed by atoms with van der Waals surface area (Å²) >= 11 is 3.33. The number of hydrogen-bond donors (Lipinski definition) is 2. The maximum absolute atomic E-state index is 12.3. The zero-order valence-electron chi connectivity index (χ0n) is 10.8. The maximum Gasteiger partial charge on any atom is 0.241 e. The van der Waals surface area contributed by atoms with E-state index in [9.17, 15) is 4.79 Å². The highest BCUT2D eigenvalue weighted by Gasteiger charge is 2.24. The monoisotopic (exact) mass is 331 g/mol. The van der Waals surface area contributed by atoms with Gasteiger partial charge in [0.1, 0.15) is 4.60 Å². The molecule has 0 fully saturated rings. The number of nitrogens with zero attached hydrogens (tertiary/aromatic N) is 1. The van der Waals surface area contributed by atoms with E-state index in [4.69, 9.17) is 0 Å². The molecule has 2 heterocycles. The molecule has 1 amide bonds. The standard InChI is InChI=1S/C15H14BrN3O/c16-14-12(6-3-7-17-14)19-15(20)13-8-10-4-1-2-5-11(10)9-18-13/h1-7,13,18H,8-9H2,(H,19,20)/t13-/m0/s1. The Hall–Kier alpha value is -1.72. The van der Waals surface area contributed by atoms with E-state index >= 15 is 0 Å². The third-order valence-corrected chi connectivity index (χ3v) is 4.05. The molecule has 20 heavy (non-hydrogen) atoms. The predicted octanol–water partition coefficient (Wildman–Crippen LogP) is 2.50. The van der Waals surface area contributed by atoms with Crippen molar-refractivity contribution >= 4 is 27.5 Å². The summed E-state index contributed by atoms with van der Waals surface area (Å²) in [5, 5.41) is 6.17. The Balaban J connectivity index is 1.72. The molecule has 0 unspecified atom stereocenters. The van der Waals surface area contributed by atoms with Crippen molar-refractivity contribution in [2.75, 3.05) is 5.32 Å². The second kappa shape index (κ2) is 5.73. The predicted molar refractivity (Wildman–Crippen MR) is 81.3 cm³/mol. The highest BCUT2D eigenvalue weighted by molar-refractivity contribution is 9.10. The van der Waals surface area contributed by atoms with Gasteiger partial charge < -0.3 is 10.6 Å². The maximum atomic E-state index is 12.3. The largest absolute Gasteiger partial charge is 0.322 e. The lowest BCUT2D eigenvalue weighted by Crippen LogP contribution is -2.44. The molecule has 5 heteroatoms. The van der Waals surface area contributed by atoms with Gasteiger partial charge in [0.15, 0.2) is 0 Å². The third kappa shape index (κ3) is 2.73. The van der Waals surface area contributed by atoms with E-state index in [2.05, 4.69) is 43.7 Å². The number of carbonyl (C=O) groups excluding carboxylic acids is 1. The van der Waals surface area contributed by atoms with Crippen molar-refractivity contribution in [3.8, 4) is 0 Å². The third-order valence-electron chi connectivity index (χ3n) is 3.41. The molecule has 1 aromatic heterocycles. The molecule has 1 aromatic carbocycles. The fourth-order valence-corrected chi connectivity index (χ4v) is 2.69. The summed E-state index contributed by atoms with van der Waals surface area (Å²) < 4.78 is 0.643. The lowest BCUT2D eigenvalue weighted by Gasteiger charge is -2.25. The normalized spacial score (nSPS) is 17.4. The summed E-state index contributed by atoms with van der Waals surface area (Å²) in [6, 6.07) is 11.6. The molecule has 0 aliphatic carbocycles. The van der Waals surface area contributed by atoms with Gasteiger partial charge in [-0.1, -0.05) is 24.3 Å². The van der Waals surface area contributed by atoms with Crippen LogP contribution in [0.25, 0.3) is 0 Å². The Labute approximate surface area is 125 Å². The molecule has 0 radical (unpaired) electrons. The van der Waals surface area contributed by atoms with E-state index in [0.29, 0.717) is 16.7 Å². The molecule has 2 aromatic rings. The number of benzene rings is 1. The van der Waals surface area contributed by atoms with Crippen LogP contribution in [0.5, 0.6) is 0 Å². The summed E-state index contributed by atoms with van der Waals surface area (Å²) in [6.45, 7) is 0.725. The Morgan fingerprint density at radius 1 is 1.25 bits per heavy atom. The number of carbonyl (C=O) groups is 1. The van der Waals surface area contributed by atoms with Crippen LogP contribution in [0.15, 0.2) is 47.2 Å². The summed E-state index contributed by atoms with van der Waals surface area (Å²) in [5.74, 6) is -0.0341. The Morgan fingerprint density at radius 2 is 2.05 bits per heavy atom. The van der Waals surface area contributed by atoms with Crippen LogP contribution in [0, 0.1) is 0 Å². The van der Waals surface area contributed by atoms with E-state index < -0.39 is 0 Å². The first kappa shape index (κ1) is 13.3. The molecule has 3 rings (SSSR count).